The number of hydrogen-bond donors (Lipinski definition) is 3. The Balaban J connectivity index is 2.32. The lowest BCUT2D eigenvalue weighted by molar-refractivity contribution is -0.120. The highest BCUT2D eigenvalue weighted by molar-refractivity contribution is 7.99. The zero-order valence-electron chi connectivity index (χ0n) is 11.7. The molecule has 9 heteroatoms. The largest absolute Gasteiger partial charge is 0.355 e. The van der Waals surface area contributed by atoms with Gasteiger partial charge in [-0.05, 0) is 6.92 Å². The van der Waals surface area contributed by atoms with E-state index >= 15 is 0 Å². The number of nitrogens with one attached hydrogen (secondary N) is 2. The van der Waals surface area contributed by atoms with Gasteiger partial charge in [-0.2, -0.15) is 0 Å². The lowest BCUT2D eigenvalue weighted by Gasteiger charge is -2.07. The van der Waals surface area contributed by atoms with Crippen LogP contribution in [0.5, 0.6) is 0 Å². The maximum Gasteiger partial charge on any atom is 0.230 e. The fraction of sp³-hybridized carbons (Fsp3) is 0.636. The second-order valence-electron chi connectivity index (χ2n) is 4.09. The molecule has 1 aromatic heterocycles. The molecule has 0 radical (unpaired) electrons. The highest BCUT2D eigenvalue weighted by Crippen LogP contribution is 2.15. The smallest absolute Gasteiger partial charge is 0.230 e. The fourth-order valence-electron chi connectivity index (χ4n) is 1.48. The van der Waals surface area contributed by atoms with Gasteiger partial charge in [-0.1, -0.05) is 11.8 Å². The van der Waals surface area contributed by atoms with E-state index in [1.807, 2.05) is 11.5 Å². The molecule has 0 saturated heterocycles. The van der Waals surface area contributed by atoms with Gasteiger partial charge in [0.1, 0.15) is 5.82 Å². The molecular formula is C11H20N6O2S. The summed E-state index contributed by atoms with van der Waals surface area (Å²) < 4.78 is 1.88. The summed E-state index contributed by atoms with van der Waals surface area (Å²) in [4.78, 5) is 22.3. The van der Waals surface area contributed by atoms with Crippen molar-refractivity contribution in [3.8, 4) is 0 Å². The summed E-state index contributed by atoms with van der Waals surface area (Å²) in [5.74, 6) is 0.811. The number of aromatic nitrogens is 3. The van der Waals surface area contributed by atoms with Gasteiger partial charge in [-0.25, -0.2) is 0 Å². The number of carbonyl (C=O) groups is 2. The summed E-state index contributed by atoms with van der Waals surface area (Å²) in [6.45, 7) is 5.24. The number of aryl methyl sites for hydroxylation is 1. The minimum absolute atomic E-state index is 0.111. The lowest BCUT2D eigenvalue weighted by Crippen LogP contribution is -2.34. The summed E-state index contributed by atoms with van der Waals surface area (Å²) in [6, 6.07) is 0. The number of amides is 2. The van der Waals surface area contributed by atoms with Gasteiger partial charge in [-0.15, -0.1) is 10.2 Å². The Hall–Kier alpha value is -1.61. The number of carbonyl (C=O) groups excluding carboxylic acids is 2. The van der Waals surface area contributed by atoms with Gasteiger partial charge in [0.25, 0.3) is 0 Å². The average molecular weight is 300 g/mol. The van der Waals surface area contributed by atoms with Gasteiger partial charge >= 0.3 is 0 Å². The van der Waals surface area contributed by atoms with Crippen LogP contribution in [0.15, 0.2) is 5.16 Å². The Bertz CT molecular complexity index is 462. The monoisotopic (exact) mass is 300 g/mol. The number of thioether (sulfide) groups is 1. The van der Waals surface area contributed by atoms with Crippen molar-refractivity contribution in [2.24, 2.45) is 5.73 Å². The minimum Gasteiger partial charge on any atom is -0.355 e. The number of rotatable bonds is 8. The van der Waals surface area contributed by atoms with Crippen LogP contribution in [0.4, 0.5) is 0 Å². The molecule has 1 aromatic rings. The van der Waals surface area contributed by atoms with E-state index in [9.17, 15) is 9.59 Å². The van der Waals surface area contributed by atoms with Crippen molar-refractivity contribution in [3.05, 3.63) is 5.82 Å². The average Bonchev–Trinajstić information content (AvgIpc) is 2.74. The predicted molar refractivity (Wildman–Crippen MR) is 76.2 cm³/mol. The molecule has 2 amide bonds. The molecule has 0 aliphatic heterocycles. The fourth-order valence-corrected chi connectivity index (χ4v) is 2.32. The van der Waals surface area contributed by atoms with Crippen LogP contribution in [0.25, 0.3) is 0 Å². The van der Waals surface area contributed by atoms with Crippen LogP contribution < -0.4 is 16.4 Å². The summed E-state index contributed by atoms with van der Waals surface area (Å²) >= 11 is 1.31. The van der Waals surface area contributed by atoms with Gasteiger partial charge in [0.2, 0.25) is 11.8 Å². The van der Waals surface area contributed by atoms with Crippen LogP contribution >= 0.6 is 11.8 Å². The van der Waals surface area contributed by atoms with Crippen molar-refractivity contribution < 1.29 is 9.59 Å². The van der Waals surface area contributed by atoms with Crippen LogP contribution in [0.1, 0.15) is 12.7 Å². The molecule has 20 heavy (non-hydrogen) atoms. The molecule has 1 heterocycles. The van der Waals surface area contributed by atoms with E-state index in [1.54, 1.807) is 0 Å². The van der Waals surface area contributed by atoms with Crippen molar-refractivity contribution in [1.29, 1.82) is 0 Å². The van der Waals surface area contributed by atoms with E-state index in [4.69, 9.17) is 5.73 Å². The Morgan fingerprint density at radius 1 is 1.30 bits per heavy atom. The second-order valence-corrected chi connectivity index (χ2v) is 5.03. The van der Waals surface area contributed by atoms with E-state index in [0.29, 0.717) is 31.3 Å². The third-order valence-electron chi connectivity index (χ3n) is 2.41. The second kappa shape index (κ2) is 8.54. The van der Waals surface area contributed by atoms with Crippen molar-refractivity contribution in [2.75, 3.05) is 25.4 Å². The topological polar surface area (TPSA) is 115 Å². The first kappa shape index (κ1) is 16.4. The van der Waals surface area contributed by atoms with Crippen LogP contribution in [0, 0.1) is 6.92 Å². The van der Waals surface area contributed by atoms with Crippen molar-refractivity contribution in [2.45, 2.75) is 25.5 Å². The molecule has 0 aliphatic carbocycles. The van der Waals surface area contributed by atoms with E-state index in [-0.39, 0.29) is 17.6 Å². The first-order valence-electron chi connectivity index (χ1n) is 6.28. The summed E-state index contributed by atoms with van der Waals surface area (Å²) in [5.41, 5.74) is 5.52. The zero-order chi connectivity index (χ0) is 15.0. The Labute approximate surface area is 121 Å². The molecule has 8 nitrogen and oxygen atoms in total. The number of hydrogen-bond acceptors (Lipinski definition) is 6. The van der Waals surface area contributed by atoms with Gasteiger partial charge in [0.05, 0.1) is 5.75 Å². The lowest BCUT2D eigenvalue weighted by atomic mass is 10.5. The molecule has 0 bridgehead atoms. The highest BCUT2D eigenvalue weighted by Gasteiger charge is 2.10. The summed E-state index contributed by atoms with van der Waals surface area (Å²) in [7, 11) is 0. The zero-order valence-corrected chi connectivity index (χ0v) is 12.5. The standard InChI is InChI=1S/C11H20N6O2S/c1-8-15-16-11(17(8)6-3-12)20-7-10(19)14-5-4-13-9(2)18/h3-7,12H2,1-2H3,(H,13,18)(H,14,19). The molecule has 0 unspecified atom stereocenters. The summed E-state index contributed by atoms with van der Waals surface area (Å²) in [5, 5.41) is 14.0. The Kier molecular flexibility index (Phi) is 7.02. The highest BCUT2D eigenvalue weighted by atomic mass is 32.2. The molecule has 0 fully saturated rings. The van der Waals surface area contributed by atoms with Gasteiger partial charge in [-0.3, -0.25) is 9.59 Å². The first-order valence-corrected chi connectivity index (χ1v) is 7.27. The molecule has 4 N–H and O–H groups in total. The van der Waals surface area contributed by atoms with Crippen LogP contribution in [-0.2, 0) is 16.1 Å². The third kappa shape index (κ3) is 5.57. The maximum atomic E-state index is 11.6. The van der Waals surface area contributed by atoms with Crippen LogP contribution in [-0.4, -0.2) is 52.0 Å². The van der Waals surface area contributed by atoms with E-state index in [2.05, 4.69) is 20.8 Å². The number of nitrogens with two attached hydrogens (primary N) is 1. The van der Waals surface area contributed by atoms with Crippen LogP contribution in [0.2, 0.25) is 0 Å². The molecule has 112 valence electrons. The normalized spacial score (nSPS) is 10.3. The van der Waals surface area contributed by atoms with Crippen LogP contribution in [0.3, 0.4) is 0 Å². The van der Waals surface area contributed by atoms with Gasteiger partial charge < -0.3 is 20.9 Å². The third-order valence-corrected chi connectivity index (χ3v) is 3.37. The van der Waals surface area contributed by atoms with Crippen molar-refractivity contribution in [3.63, 3.8) is 0 Å². The minimum atomic E-state index is -0.112. The molecule has 0 aromatic carbocycles. The number of nitrogens with zero attached hydrogens (tertiary/aromatic N) is 3. The van der Waals surface area contributed by atoms with Gasteiger partial charge in [0.15, 0.2) is 5.16 Å². The molecule has 0 spiro atoms. The maximum absolute atomic E-state index is 11.6. The van der Waals surface area contributed by atoms with Gasteiger partial charge in [0, 0.05) is 33.1 Å². The molecule has 0 aliphatic rings. The Morgan fingerprint density at radius 2 is 2.00 bits per heavy atom. The van der Waals surface area contributed by atoms with E-state index in [0.717, 1.165) is 5.82 Å². The first-order chi connectivity index (χ1) is 9.54. The molecule has 0 atom stereocenters. The van der Waals surface area contributed by atoms with E-state index in [1.165, 1.54) is 18.7 Å². The molecule has 0 saturated carbocycles. The van der Waals surface area contributed by atoms with E-state index < -0.39 is 0 Å². The SMILES string of the molecule is CC(=O)NCCNC(=O)CSc1nnc(C)n1CCN. The summed E-state index contributed by atoms with van der Waals surface area (Å²) in [6.07, 6.45) is 0. The van der Waals surface area contributed by atoms with Crippen molar-refractivity contribution >= 4 is 23.6 Å². The Morgan fingerprint density at radius 3 is 2.65 bits per heavy atom. The molecule has 1 rings (SSSR count). The van der Waals surface area contributed by atoms with Crippen molar-refractivity contribution in [1.82, 2.24) is 25.4 Å². The quantitative estimate of drug-likeness (QED) is 0.414. The predicted octanol–water partition coefficient (Wildman–Crippen LogP) is -1.11. The molecular weight excluding hydrogens is 280 g/mol.